The first-order valence-electron chi connectivity index (χ1n) is 11.5. The van der Waals surface area contributed by atoms with Crippen molar-refractivity contribution in [3.8, 4) is 11.5 Å². The van der Waals surface area contributed by atoms with Gasteiger partial charge in [-0.1, -0.05) is 29.3 Å². The number of anilines is 1. The van der Waals surface area contributed by atoms with E-state index < -0.39 is 28.1 Å². The molecule has 36 heavy (non-hydrogen) atoms. The van der Waals surface area contributed by atoms with Gasteiger partial charge in [0.05, 0.1) is 23.7 Å². The summed E-state index contributed by atoms with van der Waals surface area (Å²) < 4.78 is 39.7. The van der Waals surface area contributed by atoms with Crippen LogP contribution in [0, 0.1) is 6.92 Å². The van der Waals surface area contributed by atoms with Gasteiger partial charge in [-0.2, -0.15) is 0 Å². The predicted octanol–water partition coefficient (Wildman–Crippen LogP) is 5.27. The SMILES string of the molecule is COc1ccc2c(c1)OC(C)(C)CC2NC(=O)CN(c1ccc(Cl)cc1)S(=O)(=O)c1ccc(C)cc1. The summed E-state index contributed by atoms with van der Waals surface area (Å²) in [7, 11) is -2.45. The van der Waals surface area contributed by atoms with Crippen molar-refractivity contribution in [2.45, 2.75) is 43.7 Å². The molecular formula is C27H29ClN2O5S. The zero-order valence-corrected chi connectivity index (χ0v) is 22.2. The summed E-state index contributed by atoms with van der Waals surface area (Å²) in [6.45, 7) is 5.36. The molecule has 1 aliphatic rings. The molecule has 1 unspecified atom stereocenters. The van der Waals surface area contributed by atoms with Gasteiger partial charge in [-0.25, -0.2) is 8.42 Å². The second kappa shape index (κ2) is 10.0. The molecule has 0 bridgehead atoms. The van der Waals surface area contributed by atoms with E-state index in [0.29, 0.717) is 28.6 Å². The van der Waals surface area contributed by atoms with Crippen molar-refractivity contribution in [3.63, 3.8) is 0 Å². The Morgan fingerprint density at radius 3 is 2.42 bits per heavy atom. The molecule has 1 heterocycles. The third-order valence-electron chi connectivity index (χ3n) is 6.02. The van der Waals surface area contributed by atoms with Gasteiger partial charge >= 0.3 is 0 Å². The minimum Gasteiger partial charge on any atom is -0.497 e. The number of methoxy groups -OCH3 is 1. The number of sulfonamides is 1. The van der Waals surface area contributed by atoms with Crippen LogP contribution < -0.4 is 19.1 Å². The number of nitrogens with one attached hydrogen (secondary N) is 1. The van der Waals surface area contributed by atoms with Gasteiger partial charge in [0.15, 0.2) is 0 Å². The Hall–Kier alpha value is -3.23. The number of fused-ring (bicyclic) bond motifs is 1. The quantitative estimate of drug-likeness (QED) is 0.451. The maximum atomic E-state index is 13.6. The molecule has 0 spiro atoms. The molecule has 3 aromatic carbocycles. The van der Waals surface area contributed by atoms with Crippen LogP contribution in [0.3, 0.4) is 0 Å². The van der Waals surface area contributed by atoms with E-state index in [4.69, 9.17) is 21.1 Å². The first-order valence-corrected chi connectivity index (χ1v) is 13.3. The Labute approximate surface area is 217 Å². The Morgan fingerprint density at radius 2 is 1.78 bits per heavy atom. The average molecular weight is 529 g/mol. The number of hydrogen-bond donors (Lipinski definition) is 1. The maximum Gasteiger partial charge on any atom is 0.264 e. The molecule has 9 heteroatoms. The number of amides is 1. The fraction of sp³-hybridized carbons (Fsp3) is 0.296. The normalized spacial score (nSPS) is 16.4. The molecule has 0 saturated carbocycles. The van der Waals surface area contributed by atoms with E-state index in [1.807, 2.05) is 32.9 Å². The van der Waals surface area contributed by atoms with Gasteiger partial charge in [-0.15, -0.1) is 0 Å². The zero-order valence-electron chi connectivity index (χ0n) is 20.6. The van der Waals surface area contributed by atoms with Crippen LogP contribution in [0.2, 0.25) is 5.02 Å². The molecule has 0 aliphatic carbocycles. The molecule has 1 amide bonds. The van der Waals surface area contributed by atoms with E-state index in [-0.39, 0.29) is 10.9 Å². The minimum absolute atomic E-state index is 0.0977. The van der Waals surface area contributed by atoms with E-state index in [1.165, 1.54) is 12.1 Å². The molecule has 0 radical (unpaired) electrons. The highest BCUT2D eigenvalue weighted by Crippen LogP contribution is 2.41. The van der Waals surface area contributed by atoms with E-state index in [0.717, 1.165) is 15.4 Å². The summed E-state index contributed by atoms with van der Waals surface area (Å²) in [4.78, 5) is 13.4. The molecule has 4 rings (SSSR count). The molecule has 1 aliphatic heterocycles. The number of rotatable bonds is 7. The van der Waals surface area contributed by atoms with Crippen LogP contribution in [0.5, 0.6) is 11.5 Å². The number of halogens is 1. The second-order valence-corrected chi connectivity index (χ2v) is 11.7. The van der Waals surface area contributed by atoms with Crippen molar-refractivity contribution < 1.29 is 22.7 Å². The van der Waals surface area contributed by atoms with Crippen LogP contribution in [0.4, 0.5) is 5.69 Å². The third kappa shape index (κ3) is 5.60. The van der Waals surface area contributed by atoms with Gasteiger partial charge in [0, 0.05) is 23.1 Å². The predicted molar refractivity (Wildman–Crippen MR) is 140 cm³/mol. The summed E-state index contributed by atoms with van der Waals surface area (Å²) in [5.41, 5.74) is 1.54. The van der Waals surface area contributed by atoms with E-state index >= 15 is 0 Å². The molecule has 7 nitrogen and oxygen atoms in total. The van der Waals surface area contributed by atoms with Crippen LogP contribution in [0.15, 0.2) is 71.6 Å². The number of carbonyl (C=O) groups is 1. The minimum atomic E-state index is -4.02. The first kappa shape index (κ1) is 25.9. The Morgan fingerprint density at radius 1 is 1.11 bits per heavy atom. The summed E-state index contributed by atoms with van der Waals surface area (Å²) in [6.07, 6.45) is 0.518. The van der Waals surface area contributed by atoms with Gasteiger partial charge < -0.3 is 14.8 Å². The van der Waals surface area contributed by atoms with Crippen LogP contribution in [0.1, 0.15) is 37.4 Å². The third-order valence-corrected chi connectivity index (χ3v) is 8.06. The van der Waals surface area contributed by atoms with Crippen molar-refractivity contribution in [1.82, 2.24) is 5.32 Å². The van der Waals surface area contributed by atoms with Crippen LogP contribution in [0.25, 0.3) is 0 Å². The van der Waals surface area contributed by atoms with Crippen LogP contribution >= 0.6 is 11.6 Å². The lowest BCUT2D eigenvalue weighted by Crippen LogP contribution is -2.45. The highest BCUT2D eigenvalue weighted by Gasteiger charge is 2.36. The number of hydrogen-bond acceptors (Lipinski definition) is 5. The van der Waals surface area contributed by atoms with Gasteiger partial charge in [-0.3, -0.25) is 9.10 Å². The lowest BCUT2D eigenvalue weighted by Gasteiger charge is -2.38. The number of ether oxygens (including phenoxy) is 2. The summed E-state index contributed by atoms with van der Waals surface area (Å²) in [5.74, 6) is 0.831. The summed E-state index contributed by atoms with van der Waals surface area (Å²) in [6, 6.07) is 18.0. The first-order chi connectivity index (χ1) is 17.0. The number of carbonyl (C=O) groups excluding carboxylic acids is 1. The summed E-state index contributed by atoms with van der Waals surface area (Å²) in [5, 5.41) is 3.49. The van der Waals surface area contributed by atoms with E-state index in [2.05, 4.69) is 5.32 Å². The zero-order chi connectivity index (χ0) is 26.1. The van der Waals surface area contributed by atoms with Crippen molar-refractivity contribution in [3.05, 3.63) is 82.9 Å². The number of aryl methyl sites for hydroxylation is 1. The van der Waals surface area contributed by atoms with Crippen molar-refractivity contribution >= 4 is 33.2 Å². The Kier molecular flexibility index (Phi) is 7.20. The van der Waals surface area contributed by atoms with E-state index in [9.17, 15) is 13.2 Å². The van der Waals surface area contributed by atoms with Crippen molar-refractivity contribution in [1.29, 1.82) is 0 Å². The van der Waals surface area contributed by atoms with Gasteiger partial charge in [0.1, 0.15) is 23.6 Å². The smallest absolute Gasteiger partial charge is 0.264 e. The van der Waals surface area contributed by atoms with Crippen LogP contribution in [-0.4, -0.2) is 33.6 Å². The van der Waals surface area contributed by atoms with Crippen molar-refractivity contribution in [2.75, 3.05) is 18.0 Å². The van der Waals surface area contributed by atoms with Crippen molar-refractivity contribution in [2.24, 2.45) is 0 Å². The fourth-order valence-corrected chi connectivity index (χ4v) is 5.76. The standard InChI is InChI=1S/C27H29ClN2O5S/c1-18-5-12-22(13-6-18)36(32,33)30(20-9-7-19(28)8-10-20)17-26(31)29-24-16-27(2,3)35-25-15-21(34-4)11-14-23(24)25/h5-15,24H,16-17H2,1-4H3,(H,29,31). The lowest BCUT2D eigenvalue weighted by atomic mass is 9.89. The van der Waals surface area contributed by atoms with Gasteiger partial charge in [0.25, 0.3) is 10.0 Å². The second-order valence-electron chi connectivity index (χ2n) is 9.39. The Balaban J connectivity index is 1.64. The number of benzene rings is 3. The summed E-state index contributed by atoms with van der Waals surface area (Å²) >= 11 is 6.03. The molecule has 1 atom stereocenters. The van der Waals surface area contributed by atoms with Crippen LogP contribution in [-0.2, 0) is 14.8 Å². The van der Waals surface area contributed by atoms with E-state index in [1.54, 1.807) is 49.6 Å². The molecular weight excluding hydrogens is 500 g/mol. The molecule has 0 aromatic heterocycles. The highest BCUT2D eigenvalue weighted by molar-refractivity contribution is 7.92. The molecule has 0 fully saturated rings. The molecule has 190 valence electrons. The maximum absolute atomic E-state index is 13.6. The molecule has 1 N–H and O–H groups in total. The van der Waals surface area contributed by atoms with Gasteiger partial charge in [-0.05, 0) is 69.3 Å². The molecule has 0 saturated heterocycles. The molecule has 3 aromatic rings. The largest absolute Gasteiger partial charge is 0.497 e. The topological polar surface area (TPSA) is 84.9 Å². The number of nitrogens with zero attached hydrogens (tertiary/aromatic N) is 1. The lowest BCUT2D eigenvalue weighted by molar-refractivity contribution is -0.120. The average Bonchev–Trinajstić information content (AvgIpc) is 2.82. The fourth-order valence-electron chi connectivity index (χ4n) is 4.22. The van der Waals surface area contributed by atoms with Gasteiger partial charge in [0.2, 0.25) is 5.91 Å². The highest BCUT2D eigenvalue weighted by atomic mass is 35.5. The monoisotopic (exact) mass is 528 g/mol. The Bertz CT molecular complexity index is 1360.